The van der Waals surface area contributed by atoms with Crippen LogP contribution in [0.2, 0.25) is 0 Å². The zero-order valence-corrected chi connectivity index (χ0v) is 14.8. The molecular formula is C15H17BrN4O3. The molecule has 0 unspecified atom stereocenters. The van der Waals surface area contributed by atoms with Crippen molar-refractivity contribution in [2.75, 3.05) is 17.1 Å². The molecule has 0 bridgehead atoms. The predicted octanol–water partition coefficient (Wildman–Crippen LogP) is 4.05. The third-order valence-electron chi connectivity index (χ3n) is 3.59. The normalized spacial score (nSPS) is 15.2. The lowest BCUT2D eigenvalue weighted by molar-refractivity contribution is 0.167. The fourth-order valence-corrected chi connectivity index (χ4v) is 2.69. The van der Waals surface area contributed by atoms with Gasteiger partial charge in [0.05, 0.1) is 5.69 Å². The van der Waals surface area contributed by atoms with E-state index >= 15 is 0 Å². The summed E-state index contributed by atoms with van der Waals surface area (Å²) >= 11 is 3.38. The summed E-state index contributed by atoms with van der Waals surface area (Å²) in [6.07, 6.45) is 0. The largest absolute Gasteiger partial charge is 0.367 e. The van der Waals surface area contributed by atoms with Crippen LogP contribution in [-0.2, 0) is 5.41 Å². The number of benzene rings is 1. The first-order valence-electron chi connectivity index (χ1n) is 7.04. The Morgan fingerprint density at radius 1 is 1.22 bits per heavy atom. The molecule has 0 saturated heterocycles. The van der Waals surface area contributed by atoms with Crippen LogP contribution in [0.25, 0.3) is 0 Å². The smallest absolute Gasteiger partial charge is 0.334 e. The number of nitrogens with zero attached hydrogens (tertiary/aromatic N) is 4. The molecule has 7 nitrogen and oxygen atoms in total. The number of hydrazine groups is 1. The Bertz CT molecular complexity index is 751. The molecule has 0 fully saturated rings. The maximum atomic E-state index is 12.4. The number of rotatable bonds is 1. The number of fused-ring (bicyclic) bond motifs is 1. The maximum Gasteiger partial charge on any atom is 0.367 e. The predicted molar refractivity (Wildman–Crippen MR) is 88.9 cm³/mol. The van der Waals surface area contributed by atoms with E-state index in [-0.39, 0.29) is 11.1 Å². The van der Waals surface area contributed by atoms with Gasteiger partial charge in [-0.3, -0.25) is 5.21 Å². The topological polar surface area (TPSA) is 73.0 Å². The van der Waals surface area contributed by atoms with Gasteiger partial charge in [0.2, 0.25) is 0 Å². The van der Waals surface area contributed by atoms with Gasteiger partial charge >= 0.3 is 6.03 Å². The Morgan fingerprint density at radius 2 is 1.83 bits per heavy atom. The molecule has 1 aromatic carbocycles. The van der Waals surface area contributed by atoms with E-state index < -0.39 is 6.03 Å². The van der Waals surface area contributed by atoms with Gasteiger partial charge in [-0.1, -0.05) is 41.9 Å². The fourth-order valence-electron chi connectivity index (χ4n) is 2.43. The fraction of sp³-hybridized carbons (Fsp3) is 0.333. The Kier molecular flexibility index (Phi) is 3.61. The van der Waals surface area contributed by atoms with E-state index in [1.54, 1.807) is 12.1 Å². The Morgan fingerprint density at radius 3 is 2.39 bits per heavy atom. The molecule has 0 saturated carbocycles. The minimum absolute atomic E-state index is 0.267. The van der Waals surface area contributed by atoms with Crippen molar-refractivity contribution in [2.45, 2.75) is 26.2 Å². The minimum atomic E-state index is -0.589. The average Bonchev–Trinajstić information content (AvgIpc) is 2.92. The highest BCUT2D eigenvalue weighted by atomic mass is 79.9. The van der Waals surface area contributed by atoms with Crippen molar-refractivity contribution in [3.8, 4) is 0 Å². The summed E-state index contributed by atoms with van der Waals surface area (Å²) < 4.78 is 6.39. The summed E-state index contributed by atoms with van der Waals surface area (Å²) in [6.45, 7) is 5.81. The van der Waals surface area contributed by atoms with Gasteiger partial charge in [0.1, 0.15) is 5.69 Å². The number of halogens is 1. The van der Waals surface area contributed by atoms with Gasteiger partial charge in [0.15, 0.2) is 5.69 Å². The van der Waals surface area contributed by atoms with Crippen LogP contribution in [0.15, 0.2) is 33.3 Å². The highest BCUT2D eigenvalue weighted by Crippen LogP contribution is 2.45. The molecule has 1 N–H and O–H groups in total. The van der Waals surface area contributed by atoms with E-state index in [1.807, 2.05) is 45.0 Å². The van der Waals surface area contributed by atoms with Gasteiger partial charge in [-0.2, -0.15) is 5.06 Å². The number of amides is 2. The number of hydrogen-bond donors (Lipinski definition) is 1. The lowest BCUT2D eigenvalue weighted by Crippen LogP contribution is -2.51. The van der Waals surface area contributed by atoms with Crippen molar-refractivity contribution in [3.05, 3.63) is 34.4 Å². The molecule has 0 radical (unpaired) electrons. The monoisotopic (exact) mass is 380 g/mol. The lowest BCUT2D eigenvalue weighted by atomic mass is 9.91. The second-order valence-corrected chi connectivity index (χ2v) is 7.26. The van der Waals surface area contributed by atoms with Crippen molar-refractivity contribution in [2.24, 2.45) is 0 Å². The van der Waals surface area contributed by atoms with E-state index in [0.717, 1.165) is 10.2 Å². The number of urea groups is 1. The Hall–Kier alpha value is -2.06. The lowest BCUT2D eigenvalue weighted by Gasteiger charge is -2.38. The van der Waals surface area contributed by atoms with E-state index in [2.05, 4.69) is 21.1 Å². The summed E-state index contributed by atoms with van der Waals surface area (Å²) in [4.78, 5) is 12.4. The van der Waals surface area contributed by atoms with Crippen molar-refractivity contribution in [1.29, 1.82) is 0 Å². The van der Waals surface area contributed by atoms with Crippen LogP contribution in [-0.4, -0.2) is 28.5 Å². The molecule has 0 spiro atoms. The number of hydrogen-bond acceptors (Lipinski definition) is 5. The molecule has 1 aliphatic heterocycles. The summed E-state index contributed by atoms with van der Waals surface area (Å²) in [6, 6.07) is 6.81. The molecular weight excluding hydrogens is 364 g/mol. The number of aromatic nitrogens is 1. The van der Waals surface area contributed by atoms with Crippen LogP contribution in [0, 0.1) is 0 Å². The third kappa shape index (κ3) is 2.47. The summed E-state index contributed by atoms with van der Waals surface area (Å²) in [5.74, 6) is 0.293. The SMILES string of the molecule is CN1C(=O)N(O)c2c(C(C)(C)C)noc2N1c1ccc(Br)cc1. The van der Waals surface area contributed by atoms with Gasteiger partial charge in [0, 0.05) is 16.9 Å². The maximum absolute atomic E-state index is 12.4. The molecule has 23 heavy (non-hydrogen) atoms. The van der Waals surface area contributed by atoms with E-state index in [9.17, 15) is 10.0 Å². The molecule has 2 amide bonds. The number of carbonyl (C=O) groups is 1. The van der Waals surface area contributed by atoms with Crippen LogP contribution in [0.3, 0.4) is 0 Å². The highest BCUT2D eigenvalue weighted by Gasteiger charge is 2.42. The van der Waals surface area contributed by atoms with Gasteiger partial charge in [0.25, 0.3) is 5.88 Å². The van der Waals surface area contributed by atoms with E-state index in [1.165, 1.54) is 5.01 Å². The van der Waals surface area contributed by atoms with Gasteiger partial charge in [-0.15, -0.1) is 0 Å². The molecule has 0 aliphatic carbocycles. The highest BCUT2D eigenvalue weighted by molar-refractivity contribution is 9.10. The second-order valence-electron chi connectivity index (χ2n) is 6.34. The number of carbonyl (C=O) groups excluding carboxylic acids is 1. The van der Waals surface area contributed by atoms with Crippen molar-refractivity contribution in [3.63, 3.8) is 0 Å². The molecule has 1 aliphatic rings. The molecule has 2 heterocycles. The first kappa shape index (κ1) is 15.8. The number of anilines is 3. The van der Waals surface area contributed by atoms with Crippen molar-refractivity contribution >= 4 is 39.2 Å². The number of hydroxylamine groups is 1. The standard InChI is InChI=1S/C15H17BrN4O3/c1-15(2,3)12-11-13(23-17-12)19(18(4)14(21)20(11)22)10-7-5-9(16)6-8-10/h5-8,22H,1-4H3. The zero-order chi connectivity index (χ0) is 16.9. The second kappa shape index (κ2) is 5.24. The third-order valence-corrected chi connectivity index (χ3v) is 4.12. The van der Waals surface area contributed by atoms with Crippen molar-refractivity contribution < 1.29 is 14.5 Å². The van der Waals surface area contributed by atoms with E-state index in [0.29, 0.717) is 16.6 Å². The summed E-state index contributed by atoms with van der Waals surface area (Å²) in [5, 5.41) is 17.8. The van der Waals surface area contributed by atoms with Crippen LogP contribution in [0.5, 0.6) is 0 Å². The molecule has 1 aromatic heterocycles. The van der Waals surface area contributed by atoms with Crippen LogP contribution in [0.4, 0.5) is 22.1 Å². The van der Waals surface area contributed by atoms with E-state index in [4.69, 9.17) is 4.52 Å². The molecule has 122 valence electrons. The first-order valence-corrected chi connectivity index (χ1v) is 7.83. The van der Waals surface area contributed by atoms with Crippen molar-refractivity contribution in [1.82, 2.24) is 10.2 Å². The van der Waals surface area contributed by atoms with Gasteiger partial charge in [-0.05, 0) is 24.3 Å². The molecule has 0 atom stereocenters. The van der Waals surface area contributed by atoms with Gasteiger partial charge < -0.3 is 4.52 Å². The zero-order valence-electron chi connectivity index (χ0n) is 13.2. The quantitative estimate of drug-likeness (QED) is 0.755. The molecule has 8 heteroatoms. The van der Waals surface area contributed by atoms with Crippen LogP contribution < -0.4 is 10.1 Å². The van der Waals surface area contributed by atoms with Crippen LogP contribution in [0.1, 0.15) is 26.5 Å². The molecule has 2 aromatic rings. The minimum Gasteiger partial charge on any atom is -0.334 e. The van der Waals surface area contributed by atoms with Crippen LogP contribution >= 0.6 is 15.9 Å². The Labute approximate surface area is 142 Å². The molecule has 3 rings (SSSR count). The summed E-state index contributed by atoms with van der Waals surface area (Å²) in [7, 11) is 1.55. The Balaban J connectivity index is 2.20. The van der Waals surface area contributed by atoms with Gasteiger partial charge in [-0.25, -0.2) is 14.8 Å². The average molecular weight is 381 g/mol. The summed E-state index contributed by atoms with van der Waals surface area (Å²) in [5.41, 5.74) is 1.11. The first-order chi connectivity index (χ1) is 10.7.